The van der Waals surface area contributed by atoms with Crippen molar-refractivity contribution < 1.29 is 45.4 Å². The summed E-state index contributed by atoms with van der Waals surface area (Å²) >= 11 is 0. The van der Waals surface area contributed by atoms with E-state index >= 15 is 0 Å². The largest absolute Gasteiger partial charge is 0.453 e. The maximum Gasteiger partial charge on any atom is 0.416 e. The first-order chi connectivity index (χ1) is 13.8. The van der Waals surface area contributed by atoms with Crippen molar-refractivity contribution in [2.45, 2.75) is 38.4 Å². The quantitative estimate of drug-likeness (QED) is 0.452. The third-order valence-electron chi connectivity index (χ3n) is 3.99. The number of halogens is 6. The molecule has 0 aliphatic rings. The predicted octanol–water partition coefficient (Wildman–Crippen LogP) is 5.63. The Hall–Kier alpha value is -3.04. The molecule has 0 saturated carbocycles. The molecule has 0 aliphatic heterocycles. The van der Waals surface area contributed by atoms with Crippen molar-refractivity contribution in [3.05, 3.63) is 70.8 Å². The number of alkyl halides is 6. The van der Waals surface area contributed by atoms with E-state index in [0.717, 1.165) is 62.4 Å². The van der Waals surface area contributed by atoms with Crippen LogP contribution in [0.5, 0.6) is 0 Å². The molecule has 0 saturated heterocycles. The Bertz CT molecular complexity index is 810. The van der Waals surface area contributed by atoms with Crippen LogP contribution >= 0.6 is 0 Å². The standard InChI is InChI=1S/C20H16F6O4/c1-11(27)29-17(13-3-7-15(8-4-13)19(21,22)23)18(30-12(2)28)14-5-9-16(10-6-14)20(24,25)26/h3-10,17-18H,1-2H3. The van der Waals surface area contributed by atoms with Gasteiger partial charge < -0.3 is 9.47 Å². The van der Waals surface area contributed by atoms with Crippen LogP contribution in [0, 0.1) is 0 Å². The normalized spacial score (nSPS) is 14.0. The molecule has 2 unspecified atom stereocenters. The summed E-state index contributed by atoms with van der Waals surface area (Å²) in [5, 5.41) is 0. The minimum Gasteiger partial charge on any atom is -0.453 e. The first-order valence-electron chi connectivity index (χ1n) is 8.48. The first kappa shape index (κ1) is 23.2. The predicted molar refractivity (Wildman–Crippen MR) is 91.9 cm³/mol. The van der Waals surface area contributed by atoms with Crippen LogP contribution in [0.2, 0.25) is 0 Å². The highest BCUT2D eigenvalue weighted by Crippen LogP contribution is 2.38. The Labute approximate surface area is 167 Å². The zero-order chi connectivity index (χ0) is 22.7. The number of hydrogen-bond acceptors (Lipinski definition) is 4. The van der Waals surface area contributed by atoms with E-state index in [0.29, 0.717) is 0 Å². The molecular formula is C20H16F6O4. The van der Waals surface area contributed by atoms with Gasteiger partial charge in [-0.1, -0.05) is 24.3 Å². The summed E-state index contributed by atoms with van der Waals surface area (Å²) in [7, 11) is 0. The highest BCUT2D eigenvalue weighted by atomic mass is 19.4. The van der Waals surface area contributed by atoms with Crippen molar-refractivity contribution in [1.29, 1.82) is 0 Å². The fourth-order valence-corrected chi connectivity index (χ4v) is 2.69. The average Bonchev–Trinajstić information content (AvgIpc) is 2.63. The lowest BCUT2D eigenvalue weighted by atomic mass is 9.96. The topological polar surface area (TPSA) is 52.6 Å². The molecule has 162 valence electrons. The van der Waals surface area contributed by atoms with E-state index in [-0.39, 0.29) is 11.1 Å². The van der Waals surface area contributed by atoms with Gasteiger partial charge in [-0.15, -0.1) is 0 Å². The lowest BCUT2D eigenvalue weighted by molar-refractivity contribution is -0.167. The second-order valence-electron chi connectivity index (χ2n) is 6.30. The van der Waals surface area contributed by atoms with Crippen molar-refractivity contribution in [2.75, 3.05) is 0 Å². The monoisotopic (exact) mass is 434 g/mol. The van der Waals surface area contributed by atoms with Gasteiger partial charge in [-0.2, -0.15) is 26.3 Å². The second-order valence-corrected chi connectivity index (χ2v) is 6.30. The molecule has 0 aromatic heterocycles. The van der Waals surface area contributed by atoms with Gasteiger partial charge in [-0.05, 0) is 35.4 Å². The number of carbonyl (C=O) groups is 2. The van der Waals surface area contributed by atoms with Crippen LogP contribution in [0.15, 0.2) is 48.5 Å². The first-order valence-corrected chi connectivity index (χ1v) is 8.48. The Kier molecular flexibility index (Phi) is 6.79. The van der Waals surface area contributed by atoms with Crippen LogP contribution in [0.4, 0.5) is 26.3 Å². The zero-order valence-corrected chi connectivity index (χ0v) is 15.7. The fourth-order valence-electron chi connectivity index (χ4n) is 2.69. The van der Waals surface area contributed by atoms with E-state index in [1.165, 1.54) is 0 Å². The number of hydrogen-bond donors (Lipinski definition) is 0. The molecule has 0 heterocycles. The van der Waals surface area contributed by atoms with Crippen LogP contribution < -0.4 is 0 Å². The van der Waals surface area contributed by atoms with Crippen LogP contribution in [-0.4, -0.2) is 11.9 Å². The summed E-state index contributed by atoms with van der Waals surface area (Å²) in [6.45, 7) is 2.07. The van der Waals surface area contributed by atoms with Crippen LogP contribution in [-0.2, 0) is 31.4 Å². The van der Waals surface area contributed by atoms with E-state index in [9.17, 15) is 35.9 Å². The SMILES string of the molecule is CC(=O)OC(c1ccc(C(F)(F)F)cc1)C(OC(C)=O)c1ccc(C(F)(F)F)cc1. The van der Waals surface area contributed by atoms with Crippen molar-refractivity contribution in [3.63, 3.8) is 0 Å². The molecule has 10 heteroatoms. The van der Waals surface area contributed by atoms with Gasteiger partial charge in [0.25, 0.3) is 0 Å². The van der Waals surface area contributed by atoms with Crippen LogP contribution in [0.25, 0.3) is 0 Å². The van der Waals surface area contributed by atoms with Gasteiger partial charge in [0.15, 0.2) is 12.2 Å². The van der Waals surface area contributed by atoms with Gasteiger partial charge in [-0.25, -0.2) is 0 Å². The number of ether oxygens (including phenoxy) is 2. The van der Waals surface area contributed by atoms with Crippen LogP contribution in [0.3, 0.4) is 0 Å². The molecule has 4 nitrogen and oxygen atoms in total. The molecule has 30 heavy (non-hydrogen) atoms. The Morgan fingerprint density at radius 2 is 0.900 bits per heavy atom. The van der Waals surface area contributed by atoms with Crippen LogP contribution in [0.1, 0.15) is 48.3 Å². The molecule has 0 spiro atoms. The van der Waals surface area contributed by atoms with Crippen molar-refractivity contribution in [3.8, 4) is 0 Å². The van der Waals surface area contributed by atoms with Gasteiger partial charge >= 0.3 is 24.3 Å². The van der Waals surface area contributed by atoms with Gasteiger partial charge in [0.05, 0.1) is 11.1 Å². The molecule has 0 bridgehead atoms. The highest BCUT2D eigenvalue weighted by molar-refractivity contribution is 5.68. The number of carbonyl (C=O) groups excluding carboxylic acids is 2. The maximum atomic E-state index is 12.8. The third-order valence-corrected chi connectivity index (χ3v) is 3.99. The number of esters is 2. The summed E-state index contributed by atoms with van der Waals surface area (Å²) in [4.78, 5) is 23.1. The summed E-state index contributed by atoms with van der Waals surface area (Å²) in [5.74, 6) is -1.66. The van der Waals surface area contributed by atoms with Gasteiger partial charge in [0, 0.05) is 13.8 Å². The molecule has 0 fully saturated rings. The smallest absolute Gasteiger partial charge is 0.416 e. The Morgan fingerprint density at radius 3 is 1.10 bits per heavy atom. The van der Waals surface area contributed by atoms with Gasteiger partial charge in [0.1, 0.15) is 0 Å². The third kappa shape index (κ3) is 5.98. The molecule has 2 aromatic carbocycles. The van der Waals surface area contributed by atoms with E-state index in [1.54, 1.807) is 0 Å². The summed E-state index contributed by atoms with van der Waals surface area (Å²) < 4.78 is 87.2. The molecule has 2 aromatic rings. The van der Waals surface area contributed by atoms with Crippen molar-refractivity contribution in [1.82, 2.24) is 0 Å². The van der Waals surface area contributed by atoms with E-state index in [2.05, 4.69) is 0 Å². The van der Waals surface area contributed by atoms with E-state index in [4.69, 9.17) is 9.47 Å². The number of benzene rings is 2. The minimum absolute atomic E-state index is 0.0596. The molecule has 0 amide bonds. The maximum absolute atomic E-state index is 12.8. The Morgan fingerprint density at radius 1 is 0.633 bits per heavy atom. The zero-order valence-electron chi connectivity index (χ0n) is 15.7. The average molecular weight is 434 g/mol. The van der Waals surface area contributed by atoms with E-state index < -0.39 is 47.6 Å². The van der Waals surface area contributed by atoms with Gasteiger partial charge in [0.2, 0.25) is 0 Å². The van der Waals surface area contributed by atoms with Gasteiger partial charge in [-0.3, -0.25) is 9.59 Å². The summed E-state index contributed by atoms with van der Waals surface area (Å²) in [6, 6.07) is 7.17. The summed E-state index contributed by atoms with van der Waals surface area (Å²) in [5.41, 5.74) is -1.79. The van der Waals surface area contributed by atoms with Crippen molar-refractivity contribution >= 4 is 11.9 Å². The lowest BCUT2D eigenvalue weighted by Crippen LogP contribution is -2.22. The van der Waals surface area contributed by atoms with Crippen molar-refractivity contribution in [2.24, 2.45) is 0 Å². The Balaban J connectivity index is 2.50. The number of rotatable bonds is 5. The fraction of sp³-hybridized carbons (Fsp3) is 0.300. The summed E-state index contributed by atoms with van der Waals surface area (Å²) in [6.07, 6.45) is -12.0. The highest BCUT2D eigenvalue weighted by Gasteiger charge is 2.35. The molecule has 0 N–H and O–H groups in total. The second kappa shape index (κ2) is 8.76. The van der Waals surface area contributed by atoms with E-state index in [1.807, 2.05) is 0 Å². The molecule has 0 radical (unpaired) electrons. The molecule has 2 rings (SSSR count). The molecule has 2 atom stereocenters. The minimum atomic E-state index is -4.60. The molecular weight excluding hydrogens is 418 g/mol. The lowest BCUT2D eigenvalue weighted by Gasteiger charge is -2.27. The molecule has 0 aliphatic carbocycles.